The molecule has 2 unspecified atom stereocenters. The second-order valence-corrected chi connectivity index (χ2v) is 7.43. The molecule has 1 aliphatic rings. The van der Waals surface area contributed by atoms with Crippen molar-refractivity contribution in [1.82, 2.24) is 10.2 Å². The van der Waals surface area contributed by atoms with Crippen LogP contribution in [0.2, 0.25) is 0 Å². The summed E-state index contributed by atoms with van der Waals surface area (Å²) >= 11 is 0. The van der Waals surface area contributed by atoms with E-state index in [9.17, 15) is 0 Å². The van der Waals surface area contributed by atoms with Gasteiger partial charge < -0.3 is 10.1 Å². The van der Waals surface area contributed by atoms with Gasteiger partial charge in [0.05, 0.1) is 0 Å². The monoisotopic (exact) mass is 284 g/mol. The molecule has 1 fully saturated rings. The minimum atomic E-state index is 0.470. The molecular formula is C17H36N2O. The molecule has 0 spiro atoms. The number of ether oxygens (including phenoxy) is 1. The lowest BCUT2D eigenvalue weighted by molar-refractivity contribution is 0.181. The van der Waals surface area contributed by atoms with E-state index in [1.165, 1.54) is 32.4 Å². The van der Waals surface area contributed by atoms with E-state index in [4.69, 9.17) is 4.74 Å². The number of rotatable bonds is 7. The van der Waals surface area contributed by atoms with Crippen molar-refractivity contribution >= 4 is 0 Å². The first-order valence-electron chi connectivity index (χ1n) is 8.39. The van der Waals surface area contributed by atoms with Crippen LogP contribution >= 0.6 is 0 Å². The van der Waals surface area contributed by atoms with E-state index in [0.717, 1.165) is 32.0 Å². The highest BCUT2D eigenvalue weighted by atomic mass is 16.5. The molecule has 1 rings (SSSR count). The Morgan fingerprint density at radius 2 is 2.00 bits per heavy atom. The normalized spacial score (nSPS) is 23.6. The summed E-state index contributed by atoms with van der Waals surface area (Å²) in [7, 11) is 1.77. The molecule has 0 aromatic rings. The van der Waals surface area contributed by atoms with Crippen LogP contribution in [0.1, 0.15) is 53.4 Å². The molecule has 0 aliphatic carbocycles. The molecule has 1 heterocycles. The SMILES string of the molecule is COCCCNCC(C)N1CCCC(C(C)(C)C)CC1. The van der Waals surface area contributed by atoms with Gasteiger partial charge in [0, 0.05) is 26.3 Å². The number of hydrogen-bond donors (Lipinski definition) is 1. The van der Waals surface area contributed by atoms with E-state index in [1.54, 1.807) is 7.11 Å². The van der Waals surface area contributed by atoms with Crippen LogP contribution in [-0.4, -0.2) is 50.8 Å². The third-order valence-electron chi connectivity index (χ3n) is 4.75. The van der Waals surface area contributed by atoms with Gasteiger partial charge >= 0.3 is 0 Å². The Hall–Kier alpha value is -0.120. The molecule has 3 nitrogen and oxygen atoms in total. The van der Waals surface area contributed by atoms with Crippen LogP contribution in [0.25, 0.3) is 0 Å². The van der Waals surface area contributed by atoms with E-state index in [2.05, 4.69) is 37.9 Å². The average Bonchev–Trinajstić information content (AvgIpc) is 2.63. The van der Waals surface area contributed by atoms with Crippen LogP contribution in [0.15, 0.2) is 0 Å². The molecule has 0 bridgehead atoms. The second-order valence-electron chi connectivity index (χ2n) is 7.43. The summed E-state index contributed by atoms with van der Waals surface area (Å²) in [6.45, 7) is 15.1. The number of likely N-dealkylation sites (tertiary alicyclic amines) is 1. The first-order valence-corrected chi connectivity index (χ1v) is 8.39. The highest BCUT2D eigenvalue weighted by Gasteiger charge is 2.28. The van der Waals surface area contributed by atoms with Gasteiger partial charge in [-0.3, -0.25) is 4.90 Å². The third kappa shape index (κ3) is 6.55. The van der Waals surface area contributed by atoms with Crippen molar-refractivity contribution in [3.8, 4) is 0 Å². The van der Waals surface area contributed by atoms with Crippen molar-refractivity contribution in [2.75, 3.05) is 39.9 Å². The van der Waals surface area contributed by atoms with Crippen molar-refractivity contribution in [3.05, 3.63) is 0 Å². The Balaban J connectivity index is 2.26. The van der Waals surface area contributed by atoms with Crippen LogP contribution < -0.4 is 5.32 Å². The Bertz CT molecular complexity index is 250. The molecule has 20 heavy (non-hydrogen) atoms. The molecule has 0 saturated carbocycles. The van der Waals surface area contributed by atoms with Crippen LogP contribution in [0.5, 0.6) is 0 Å². The summed E-state index contributed by atoms with van der Waals surface area (Å²) in [5, 5.41) is 3.56. The Morgan fingerprint density at radius 1 is 1.25 bits per heavy atom. The third-order valence-corrected chi connectivity index (χ3v) is 4.75. The molecule has 0 amide bonds. The number of nitrogens with one attached hydrogen (secondary N) is 1. The zero-order valence-corrected chi connectivity index (χ0v) is 14.4. The predicted molar refractivity (Wildman–Crippen MR) is 87.2 cm³/mol. The Kier molecular flexibility index (Phi) is 8.08. The van der Waals surface area contributed by atoms with Crippen molar-refractivity contribution in [3.63, 3.8) is 0 Å². The fourth-order valence-corrected chi connectivity index (χ4v) is 3.21. The molecular weight excluding hydrogens is 248 g/mol. The summed E-state index contributed by atoms with van der Waals surface area (Å²) in [6.07, 6.45) is 5.22. The second kappa shape index (κ2) is 9.01. The van der Waals surface area contributed by atoms with Gasteiger partial charge in [0.1, 0.15) is 0 Å². The van der Waals surface area contributed by atoms with E-state index in [1.807, 2.05) is 0 Å². The van der Waals surface area contributed by atoms with Crippen LogP contribution in [0.3, 0.4) is 0 Å². The highest BCUT2D eigenvalue weighted by Crippen LogP contribution is 2.34. The maximum absolute atomic E-state index is 5.07. The van der Waals surface area contributed by atoms with Crippen molar-refractivity contribution < 1.29 is 4.74 Å². The van der Waals surface area contributed by atoms with E-state index in [-0.39, 0.29) is 0 Å². The topological polar surface area (TPSA) is 24.5 Å². The molecule has 2 atom stereocenters. The van der Waals surface area contributed by atoms with Gasteiger partial charge in [-0.25, -0.2) is 0 Å². The summed E-state index contributed by atoms with van der Waals surface area (Å²) in [6, 6.07) is 0.649. The smallest absolute Gasteiger partial charge is 0.0474 e. The molecule has 0 radical (unpaired) electrons. The van der Waals surface area contributed by atoms with Gasteiger partial charge in [0.15, 0.2) is 0 Å². The summed E-state index contributed by atoms with van der Waals surface area (Å²) in [5.41, 5.74) is 0.470. The highest BCUT2D eigenvalue weighted by molar-refractivity contribution is 4.81. The van der Waals surface area contributed by atoms with Crippen molar-refractivity contribution in [1.29, 1.82) is 0 Å². The Labute approximate surface area is 126 Å². The number of nitrogens with zero attached hydrogens (tertiary/aromatic N) is 1. The number of hydrogen-bond acceptors (Lipinski definition) is 3. The summed E-state index contributed by atoms with van der Waals surface area (Å²) in [4.78, 5) is 2.68. The van der Waals surface area contributed by atoms with Crippen LogP contribution in [0, 0.1) is 11.3 Å². The van der Waals surface area contributed by atoms with Gasteiger partial charge in [0.25, 0.3) is 0 Å². The molecule has 120 valence electrons. The zero-order chi connectivity index (χ0) is 15.0. The van der Waals surface area contributed by atoms with E-state index >= 15 is 0 Å². The van der Waals surface area contributed by atoms with Gasteiger partial charge in [-0.05, 0) is 63.6 Å². The van der Waals surface area contributed by atoms with Crippen LogP contribution in [-0.2, 0) is 4.74 Å². The lowest BCUT2D eigenvalue weighted by Crippen LogP contribution is -2.41. The molecule has 3 heteroatoms. The minimum absolute atomic E-state index is 0.470. The van der Waals surface area contributed by atoms with Crippen molar-refractivity contribution in [2.45, 2.75) is 59.4 Å². The van der Waals surface area contributed by atoms with E-state index < -0.39 is 0 Å². The molecule has 0 aromatic heterocycles. The zero-order valence-electron chi connectivity index (χ0n) is 14.4. The fraction of sp³-hybridized carbons (Fsp3) is 1.00. The number of methoxy groups -OCH3 is 1. The van der Waals surface area contributed by atoms with Crippen molar-refractivity contribution in [2.24, 2.45) is 11.3 Å². The van der Waals surface area contributed by atoms with E-state index in [0.29, 0.717) is 11.5 Å². The largest absolute Gasteiger partial charge is 0.385 e. The quantitative estimate of drug-likeness (QED) is 0.727. The Morgan fingerprint density at radius 3 is 2.65 bits per heavy atom. The fourth-order valence-electron chi connectivity index (χ4n) is 3.21. The van der Waals surface area contributed by atoms with Gasteiger partial charge in [-0.1, -0.05) is 20.8 Å². The van der Waals surface area contributed by atoms with Gasteiger partial charge in [-0.15, -0.1) is 0 Å². The molecule has 0 aromatic carbocycles. The summed E-state index contributed by atoms with van der Waals surface area (Å²) in [5.74, 6) is 0.884. The predicted octanol–water partition coefficient (Wildman–Crippen LogP) is 3.15. The first-order chi connectivity index (χ1) is 9.45. The average molecular weight is 284 g/mol. The van der Waals surface area contributed by atoms with Crippen LogP contribution in [0.4, 0.5) is 0 Å². The standard InChI is InChI=1S/C17H36N2O/c1-15(14-18-10-7-13-20-5)19-11-6-8-16(9-12-19)17(2,3)4/h15-16,18H,6-14H2,1-5H3. The van der Waals surface area contributed by atoms with Gasteiger partial charge in [0.2, 0.25) is 0 Å². The lowest BCUT2D eigenvalue weighted by Gasteiger charge is -2.31. The first kappa shape index (κ1) is 17.9. The molecule has 1 aliphatic heterocycles. The maximum atomic E-state index is 5.07. The lowest BCUT2D eigenvalue weighted by atomic mass is 9.77. The minimum Gasteiger partial charge on any atom is -0.385 e. The maximum Gasteiger partial charge on any atom is 0.0474 e. The van der Waals surface area contributed by atoms with Gasteiger partial charge in [-0.2, -0.15) is 0 Å². The molecule has 1 saturated heterocycles. The summed E-state index contributed by atoms with van der Waals surface area (Å²) < 4.78 is 5.07. The molecule has 1 N–H and O–H groups in total.